The fraction of sp³-hybridized carbons (Fsp3) is 0.250. The summed E-state index contributed by atoms with van der Waals surface area (Å²) in [4.78, 5) is 36.0. The van der Waals surface area contributed by atoms with Crippen LogP contribution in [0, 0.1) is 20.8 Å². The van der Waals surface area contributed by atoms with E-state index in [2.05, 4.69) is 28.3 Å². The maximum absolute atomic E-state index is 12.9. The van der Waals surface area contributed by atoms with Gasteiger partial charge in [0, 0.05) is 28.9 Å². The third kappa shape index (κ3) is 4.01. The predicted octanol–water partition coefficient (Wildman–Crippen LogP) is 4.40. The Balaban J connectivity index is 1.61. The van der Waals surface area contributed by atoms with E-state index in [1.165, 1.54) is 0 Å². The van der Waals surface area contributed by atoms with Gasteiger partial charge in [-0.25, -0.2) is 9.97 Å². The zero-order valence-corrected chi connectivity index (χ0v) is 18.8. The fourth-order valence-corrected chi connectivity index (χ4v) is 4.63. The summed E-state index contributed by atoms with van der Waals surface area (Å²) >= 11 is 1.56. The number of amides is 1. The van der Waals surface area contributed by atoms with Crippen LogP contribution in [-0.4, -0.2) is 20.4 Å². The standard InChI is InChI=1S/C24H24N4O2S/c1-5-28-13-19(21(29)18-11-10-15(3)26-22(18)28)23(30)25-12-20-16(4)27-24(31-20)17-9-7-6-8-14(17)2/h6-11,13H,5,12H2,1-4H3,(H,25,30). The molecule has 3 heterocycles. The molecule has 0 saturated heterocycles. The van der Waals surface area contributed by atoms with E-state index in [9.17, 15) is 9.59 Å². The van der Waals surface area contributed by atoms with Crippen LogP contribution in [0.2, 0.25) is 0 Å². The van der Waals surface area contributed by atoms with E-state index in [-0.39, 0.29) is 16.9 Å². The molecule has 0 atom stereocenters. The molecule has 4 rings (SSSR count). The maximum atomic E-state index is 12.9. The second-order valence-corrected chi connectivity index (χ2v) is 8.59. The summed E-state index contributed by atoms with van der Waals surface area (Å²) in [5.74, 6) is -0.389. The Morgan fingerprint density at radius 3 is 2.61 bits per heavy atom. The van der Waals surface area contributed by atoms with Crippen molar-refractivity contribution in [2.75, 3.05) is 0 Å². The molecule has 0 aliphatic heterocycles. The molecular formula is C24H24N4O2S. The Labute approximate surface area is 184 Å². The van der Waals surface area contributed by atoms with Crippen molar-refractivity contribution in [2.24, 2.45) is 0 Å². The lowest BCUT2D eigenvalue weighted by Gasteiger charge is -2.11. The quantitative estimate of drug-likeness (QED) is 0.507. The van der Waals surface area contributed by atoms with Crippen LogP contribution in [0.1, 0.15) is 39.1 Å². The van der Waals surface area contributed by atoms with Crippen molar-refractivity contribution in [3.8, 4) is 10.6 Å². The van der Waals surface area contributed by atoms with Gasteiger partial charge >= 0.3 is 0 Å². The monoisotopic (exact) mass is 432 g/mol. The summed E-state index contributed by atoms with van der Waals surface area (Å²) in [6.45, 7) is 8.78. The number of pyridine rings is 2. The largest absolute Gasteiger partial charge is 0.347 e. The van der Waals surface area contributed by atoms with E-state index >= 15 is 0 Å². The minimum absolute atomic E-state index is 0.126. The van der Waals surface area contributed by atoms with Crippen molar-refractivity contribution in [1.82, 2.24) is 19.9 Å². The molecule has 158 valence electrons. The first-order chi connectivity index (χ1) is 14.9. The predicted molar refractivity (Wildman–Crippen MR) is 125 cm³/mol. The summed E-state index contributed by atoms with van der Waals surface area (Å²) in [5, 5.41) is 4.29. The molecule has 31 heavy (non-hydrogen) atoms. The third-order valence-electron chi connectivity index (χ3n) is 5.32. The molecule has 7 heteroatoms. The lowest BCUT2D eigenvalue weighted by atomic mass is 10.1. The highest BCUT2D eigenvalue weighted by Crippen LogP contribution is 2.30. The van der Waals surface area contributed by atoms with Crippen LogP contribution < -0.4 is 10.7 Å². The van der Waals surface area contributed by atoms with Gasteiger partial charge < -0.3 is 9.88 Å². The number of hydrogen-bond acceptors (Lipinski definition) is 5. The SMILES string of the molecule is CCn1cc(C(=O)NCc2sc(-c3ccccc3C)nc2C)c(=O)c2ccc(C)nc21. The summed E-state index contributed by atoms with van der Waals surface area (Å²) in [6, 6.07) is 11.6. The summed E-state index contributed by atoms with van der Waals surface area (Å²) in [5.41, 5.74) is 4.39. The Morgan fingerprint density at radius 1 is 1.10 bits per heavy atom. The zero-order valence-electron chi connectivity index (χ0n) is 18.0. The molecule has 0 unspecified atom stereocenters. The van der Waals surface area contributed by atoms with Crippen molar-refractivity contribution in [2.45, 2.75) is 40.8 Å². The van der Waals surface area contributed by atoms with Gasteiger partial charge in [0.25, 0.3) is 5.91 Å². The normalized spacial score (nSPS) is 11.1. The number of thiazole rings is 1. The summed E-state index contributed by atoms with van der Waals surface area (Å²) in [6.07, 6.45) is 1.60. The molecule has 0 spiro atoms. The topological polar surface area (TPSA) is 76.9 Å². The molecule has 0 saturated carbocycles. The second-order valence-electron chi connectivity index (χ2n) is 7.51. The molecule has 6 nitrogen and oxygen atoms in total. The number of nitrogens with zero attached hydrogens (tertiary/aromatic N) is 3. The Kier molecular flexibility index (Phi) is 5.69. The first kappa shape index (κ1) is 20.9. The molecular weight excluding hydrogens is 408 g/mol. The second kappa shape index (κ2) is 8.43. The number of nitrogens with one attached hydrogen (secondary N) is 1. The summed E-state index contributed by atoms with van der Waals surface area (Å²) < 4.78 is 1.84. The third-order valence-corrected chi connectivity index (χ3v) is 6.51. The highest BCUT2D eigenvalue weighted by molar-refractivity contribution is 7.15. The van der Waals surface area contributed by atoms with Gasteiger partial charge in [0.1, 0.15) is 16.2 Å². The average molecular weight is 433 g/mol. The van der Waals surface area contributed by atoms with Crippen LogP contribution in [0.25, 0.3) is 21.6 Å². The number of aromatic nitrogens is 3. The maximum Gasteiger partial charge on any atom is 0.257 e. The van der Waals surface area contributed by atoms with Crippen molar-refractivity contribution >= 4 is 28.3 Å². The van der Waals surface area contributed by atoms with Crippen molar-refractivity contribution in [3.63, 3.8) is 0 Å². The Bertz CT molecular complexity index is 1350. The molecule has 3 aromatic heterocycles. The number of hydrogen-bond donors (Lipinski definition) is 1. The van der Waals surface area contributed by atoms with Crippen LogP contribution in [0.15, 0.2) is 47.4 Å². The Hall–Kier alpha value is -3.32. The van der Waals surface area contributed by atoms with Gasteiger partial charge in [-0.2, -0.15) is 0 Å². The van der Waals surface area contributed by atoms with E-state index in [1.807, 2.05) is 43.5 Å². The van der Waals surface area contributed by atoms with Crippen LogP contribution in [0.3, 0.4) is 0 Å². The molecule has 1 N–H and O–H groups in total. The molecule has 1 aromatic carbocycles. The van der Waals surface area contributed by atoms with Gasteiger partial charge in [0.05, 0.1) is 17.6 Å². The van der Waals surface area contributed by atoms with Crippen LogP contribution in [-0.2, 0) is 13.1 Å². The average Bonchev–Trinajstić information content (AvgIpc) is 3.12. The van der Waals surface area contributed by atoms with E-state index in [0.717, 1.165) is 32.4 Å². The van der Waals surface area contributed by atoms with E-state index < -0.39 is 0 Å². The van der Waals surface area contributed by atoms with Crippen LogP contribution in [0.5, 0.6) is 0 Å². The molecule has 0 radical (unpaired) electrons. The van der Waals surface area contributed by atoms with Gasteiger partial charge in [-0.3, -0.25) is 9.59 Å². The van der Waals surface area contributed by atoms with Gasteiger partial charge in [0.2, 0.25) is 5.43 Å². The minimum Gasteiger partial charge on any atom is -0.347 e. The number of fused-ring (bicyclic) bond motifs is 1. The lowest BCUT2D eigenvalue weighted by Crippen LogP contribution is -2.29. The molecule has 0 fully saturated rings. The molecule has 0 bridgehead atoms. The lowest BCUT2D eigenvalue weighted by molar-refractivity contribution is 0.0949. The molecule has 0 aliphatic rings. The first-order valence-corrected chi connectivity index (χ1v) is 11.0. The van der Waals surface area contributed by atoms with Crippen molar-refractivity contribution in [1.29, 1.82) is 0 Å². The van der Waals surface area contributed by atoms with Gasteiger partial charge in [0.15, 0.2) is 0 Å². The smallest absolute Gasteiger partial charge is 0.257 e. The summed E-state index contributed by atoms with van der Waals surface area (Å²) in [7, 11) is 0. The fourth-order valence-electron chi connectivity index (χ4n) is 3.54. The number of benzene rings is 1. The van der Waals surface area contributed by atoms with Gasteiger partial charge in [-0.15, -0.1) is 11.3 Å². The van der Waals surface area contributed by atoms with Gasteiger partial charge in [-0.1, -0.05) is 24.3 Å². The first-order valence-electron chi connectivity index (χ1n) is 10.2. The highest BCUT2D eigenvalue weighted by Gasteiger charge is 2.17. The van der Waals surface area contributed by atoms with Crippen molar-refractivity contribution < 1.29 is 4.79 Å². The number of aryl methyl sites for hydroxylation is 4. The molecule has 4 aromatic rings. The van der Waals surface area contributed by atoms with E-state index in [1.54, 1.807) is 29.7 Å². The molecule has 1 amide bonds. The van der Waals surface area contributed by atoms with Crippen molar-refractivity contribution in [3.05, 3.63) is 80.2 Å². The Morgan fingerprint density at radius 2 is 1.87 bits per heavy atom. The number of rotatable bonds is 5. The van der Waals surface area contributed by atoms with Gasteiger partial charge in [-0.05, 0) is 45.4 Å². The molecule has 0 aliphatic carbocycles. The number of carbonyl (C=O) groups excluding carboxylic acids is 1. The minimum atomic E-state index is -0.389. The van der Waals surface area contributed by atoms with Crippen LogP contribution in [0.4, 0.5) is 0 Å². The zero-order chi connectivity index (χ0) is 22.1. The van der Waals surface area contributed by atoms with E-state index in [0.29, 0.717) is 24.1 Å². The van der Waals surface area contributed by atoms with Crippen LogP contribution >= 0.6 is 11.3 Å². The number of carbonyl (C=O) groups is 1. The van der Waals surface area contributed by atoms with E-state index in [4.69, 9.17) is 0 Å². The highest BCUT2D eigenvalue weighted by atomic mass is 32.1.